The molecule has 0 spiro atoms. The van der Waals surface area contributed by atoms with Gasteiger partial charge in [0.05, 0.1) is 11.1 Å². The normalized spacial score (nSPS) is 17.3. The van der Waals surface area contributed by atoms with Crippen LogP contribution in [-0.4, -0.2) is 16.4 Å². The van der Waals surface area contributed by atoms with Crippen molar-refractivity contribution < 1.29 is 9.90 Å². The van der Waals surface area contributed by atoms with E-state index in [9.17, 15) is 9.90 Å². The standard InChI is InChI=1S/C15H13NO2S/c1-10-16(15(18)11-5-3-2-4-6-11)13-8-7-12(17)9-14(13)19-10/h2-10,17H,1H3. The van der Waals surface area contributed by atoms with Crippen LogP contribution in [0, 0.1) is 0 Å². The number of phenols is 1. The minimum Gasteiger partial charge on any atom is -0.508 e. The first-order valence-corrected chi connectivity index (χ1v) is 6.93. The maximum atomic E-state index is 12.6. The third kappa shape index (κ3) is 2.08. The van der Waals surface area contributed by atoms with Crippen molar-refractivity contribution in [1.82, 2.24) is 0 Å². The lowest BCUT2D eigenvalue weighted by Gasteiger charge is -2.21. The lowest BCUT2D eigenvalue weighted by Crippen LogP contribution is -2.33. The first-order valence-electron chi connectivity index (χ1n) is 6.05. The van der Waals surface area contributed by atoms with E-state index in [0.717, 1.165) is 10.6 Å². The summed E-state index contributed by atoms with van der Waals surface area (Å²) in [6, 6.07) is 14.4. The van der Waals surface area contributed by atoms with Crippen molar-refractivity contribution in [3.05, 3.63) is 54.1 Å². The molecule has 96 valence electrons. The van der Waals surface area contributed by atoms with Crippen LogP contribution in [0.15, 0.2) is 53.4 Å². The van der Waals surface area contributed by atoms with Gasteiger partial charge in [0.15, 0.2) is 0 Å². The minimum atomic E-state index is -0.00922. The van der Waals surface area contributed by atoms with Gasteiger partial charge in [0.25, 0.3) is 5.91 Å². The molecule has 0 aromatic heterocycles. The number of phenolic OH excluding ortho intramolecular Hbond substituents is 1. The molecule has 3 nitrogen and oxygen atoms in total. The maximum Gasteiger partial charge on any atom is 0.259 e. The van der Waals surface area contributed by atoms with Gasteiger partial charge in [0.1, 0.15) is 5.75 Å². The van der Waals surface area contributed by atoms with E-state index in [2.05, 4.69) is 0 Å². The number of carbonyl (C=O) groups is 1. The van der Waals surface area contributed by atoms with Gasteiger partial charge < -0.3 is 5.11 Å². The molecule has 1 aliphatic heterocycles. The van der Waals surface area contributed by atoms with Crippen molar-refractivity contribution in [2.24, 2.45) is 0 Å². The Morgan fingerprint density at radius 3 is 2.68 bits per heavy atom. The van der Waals surface area contributed by atoms with Crippen LogP contribution in [0.3, 0.4) is 0 Å². The topological polar surface area (TPSA) is 40.5 Å². The summed E-state index contributed by atoms with van der Waals surface area (Å²) >= 11 is 1.58. The largest absolute Gasteiger partial charge is 0.508 e. The zero-order valence-electron chi connectivity index (χ0n) is 10.4. The van der Waals surface area contributed by atoms with Gasteiger partial charge in [-0.2, -0.15) is 0 Å². The number of hydrogen-bond acceptors (Lipinski definition) is 3. The van der Waals surface area contributed by atoms with Crippen LogP contribution < -0.4 is 4.90 Å². The Bertz CT molecular complexity index is 627. The number of rotatable bonds is 1. The van der Waals surface area contributed by atoms with Crippen LogP contribution in [-0.2, 0) is 0 Å². The van der Waals surface area contributed by atoms with Gasteiger partial charge >= 0.3 is 0 Å². The van der Waals surface area contributed by atoms with Crippen molar-refractivity contribution in [3.63, 3.8) is 0 Å². The van der Waals surface area contributed by atoms with Crippen LogP contribution >= 0.6 is 11.8 Å². The molecule has 1 heterocycles. The molecule has 19 heavy (non-hydrogen) atoms. The third-order valence-corrected chi connectivity index (χ3v) is 4.24. The first-order chi connectivity index (χ1) is 9.16. The van der Waals surface area contributed by atoms with E-state index in [4.69, 9.17) is 0 Å². The number of benzene rings is 2. The molecular weight excluding hydrogens is 258 g/mol. The fourth-order valence-corrected chi connectivity index (χ4v) is 3.38. The molecule has 0 radical (unpaired) electrons. The van der Waals surface area contributed by atoms with Crippen LogP contribution in [0.4, 0.5) is 5.69 Å². The number of fused-ring (bicyclic) bond motifs is 1. The smallest absolute Gasteiger partial charge is 0.259 e. The molecule has 0 aliphatic carbocycles. The fourth-order valence-electron chi connectivity index (χ4n) is 2.22. The van der Waals surface area contributed by atoms with Crippen molar-refractivity contribution in [1.29, 1.82) is 0 Å². The van der Waals surface area contributed by atoms with E-state index in [-0.39, 0.29) is 17.0 Å². The Labute approximate surface area is 115 Å². The van der Waals surface area contributed by atoms with Crippen LogP contribution in [0.2, 0.25) is 0 Å². The average molecular weight is 271 g/mol. The molecule has 2 aromatic carbocycles. The highest BCUT2D eigenvalue weighted by Gasteiger charge is 2.32. The summed E-state index contributed by atoms with van der Waals surface area (Å²) in [6.45, 7) is 1.99. The summed E-state index contributed by atoms with van der Waals surface area (Å²) in [5, 5.41) is 9.54. The first kappa shape index (κ1) is 12.1. The fraction of sp³-hybridized carbons (Fsp3) is 0.133. The predicted octanol–water partition coefficient (Wildman–Crippen LogP) is 3.49. The van der Waals surface area contributed by atoms with Gasteiger partial charge in [-0.3, -0.25) is 9.69 Å². The van der Waals surface area contributed by atoms with Crippen LogP contribution in [0.25, 0.3) is 0 Å². The molecule has 3 rings (SSSR count). The number of nitrogens with zero attached hydrogens (tertiary/aromatic N) is 1. The van der Waals surface area contributed by atoms with Crippen molar-refractivity contribution in [3.8, 4) is 5.75 Å². The van der Waals surface area contributed by atoms with E-state index in [1.54, 1.807) is 34.9 Å². The lowest BCUT2D eigenvalue weighted by molar-refractivity contribution is 0.0986. The Hall–Kier alpha value is -1.94. The third-order valence-electron chi connectivity index (χ3n) is 3.10. The molecule has 2 aromatic rings. The summed E-state index contributed by atoms with van der Waals surface area (Å²) in [4.78, 5) is 15.3. The van der Waals surface area contributed by atoms with Crippen LogP contribution in [0.1, 0.15) is 17.3 Å². The summed E-state index contributed by atoms with van der Waals surface area (Å²) in [7, 11) is 0. The molecule has 0 saturated carbocycles. The highest BCUT2D eigenvalue weighted by molar-refractivity contribution is 8.00. The van der Waals surface area contributed by atoms with Crippen molar-refractivity contribution in [2.45, 2.75) is 17.2 Å². The van der Waals surface area contributed by atoms with Gasteiger partial charge in [-0.15, -0.1) is 0 Å². The monoisotopic (exact) mass is 271 g/mol. The Kier molecular flexibility index (Phi) is 2.95. The second-order valence-electron chi connectivity index (χ2n) is 4.41. The maximum absolute atomic E-state index is 12.6. The summed E-state index contributed by atoms with van der Waals surface area (Å²) in [5.41, 5.74) is 1.54. The van der Waals surface area contributed by atoms with Gasteiger partial charge in [-0.25, -0.2) is 0 Å². The molecule has 4 heteroatoms. The molecule has 1 N–H and O–H groups in total. The Balaban J connectivity index is 2.01. The summed E-state index contributed by atoms with van der Waals surface area (Å²) in [5.74, 6) is 0.220. The average Bonchev–Trinajstić information content (AvgIpc) is 2.74. The highest BCUT2D eigenvalue weighted by atomic mass is 32.2. The second kappa shape index (κ2) is 4.63. The number of amides is 1. The zero-order valence-corrected chi connectivity index (χ0v) is 11.2. The molecule has 1 aliphatic rings. The number of hydrogen-bond donors (Lipinski definition) is 1. The molecule has 0 bridgehead atoms. The Morgan fingerprint density at radius 1 is 1.21 bits per heavy atom. The number of carbonyl (C=O) groups excluding carboxylic acids is 1. The Morgan fingerprint density at radius 2 is 1.95 bits per heavy atom. The highest BCUT2D eigenvalue weighted by Crippen LogP contribution is 2.45. The van der Waals surface area contributed by atoms with Crippen LogP contribution in [0.5, 0.6) is 5.75 Å². The quantitative estimate of drug-likeness (QED) is 0.863. The number of thioether (sulfide) groups is 1. The lowest BCUT2D eigenvalue weighted by atomic mass is 10.2. The molecule has 0 saturated heterocycles. The van der Waals surface area contributed by atoms with E-state index < -0.39 is 0 Å². The van der Waals surface area contributed by atoms with Gasteiger partial charge in [0.2, 0.25) is 0 Å². The second-order valence-corrected chi connectivity index (χ2v) is 5.77. The van der Waals surface area contributed by atoms with E-state index in [1.807, 2.05) is 37.3 Å². The van der Waals surface area contributed by atoms with Crippen molar-refractivity contribution in [2.75, 3.05) is 4.90 Å². The number of aromatic hydroxyl groups is 1. The molecule has 1 atom stereocenters. The van der Waals surface area contributed by atoms with Gasteiger partial charge in [-0.05, 0) is 37.3 Å². The minimum absolute atomic E-state index is 0.00922. The molecule has 1 unspecified atom stereocenters. The summed E-state index contributed by atoms with van der Waals surface area (Å²) < 4.78 is 0. The number of anilines is 1. The SMILES string of the molecule is CC1Sc2cc(O)ccc2N1C(=O)c1ccccc1. The summed E-state index contributed by atoms with van der Waals surface area (Å²) in [6.07, 6.45) is 0. The van der Waals surface area contributed by atoms with Crippen molar-refractivity contribution >= 4 is 23.4 Å². The molecule has 1 amide bonds. The van der Waals surface area contributed by atoms with E-state index >= 15 is 0 Å². The predicted molar refractivity (Wildman–Crippen MR) is 76.7 cm³/mol. The zero-order chi connectivity index (χ0) is 13.4. The molecule has 0 fully saturated rings. The van der Waals surface area contributed by atoms with E-state index in [1.165, 1.54) is 0 Å². The molecular formula is C15H13NO2S. The van der Waals surface area contributed by atoms with E-state index in [0.29, 0.717) is 5.56 Å². The van der Waals surface area contributed by atoms with Gasteiger partial charge in [0, 0.05) is 10.5 Å². The van der Waals surface area contributed by atoms with Gasteiger partial charge in [-0.1, -0.05) is 30.0 Å².